The minimum Gasteiger partial charge on any atom is -0.369 e. The molecule has 4 aromatic carbocycles. The Kier molecular flexibility index (Phi) is 5.88. The van der Waals surface area contributed by atoms with Crippen molar-refractivity contribution in [2.75, 3.05) is 70.3 Å². The summed E-state index contributed by atoms with van der Waals surface area (Å²) in [7, 11) is 9.42. The van der Waals surface area contributed by atoms with Gasteiger partial charge >= 0.3 is 0 Å². The van der Waals surface area contributed by atoms with Crippen LogP contribution in [0.5, 0.6) is 0 Å². The zero-order chi connectivity index (χ0) is 34.8. The Bertz CT molecular complexity index is 2180. The Morgan fingerprint density at radius 2 is 0.962 bits per heavy atom. The first-order valence-electron chi connectivity index (χ1n) is 19.9. The molecule has 8 atom stereocenters. The van der Waals surface area contributed by atoms with Crippen molar-refractivity contribution in [3.63, 3.8) is 0 Å². The van der Waals surface area contributed by atoms with Gasteiger partial charge in [0.15, 0.2) is 0 Å². The number of hydrogen-bond acceptors (Lipinski definition) is 7. The predicted molar refractivity (Wildman–Crippen MR) is 209 cm³/mol. The maximum atomic E-state index is 4.31. The molecule has 1 aliphatic carbocycles. The van der Waals surface area contributed by atoms with Gasteiger partial charge in [-0.25, -0.2) is 0 Å². The second-order valence-corrected chi connectivity index (χ2v) is 17.8. The first-order chi connectivity index (χ1) is 25.4. The molecule has 7 heteroatoms. The number of likely N-dealkylation sites (tertiary alicyclic amines) is 4. The fraction of sp³-hybridized carbons (Fsp3) is 0.467. The van der Waals surface area contributed by atoms with Gasteiger partial charge in [0, 0.05) is 53.6 Å². The van der Waals surface area contributed by atoms with Crippen molar-refractivity contribution in [3.05, 3.63) is 124 Å². The highest BCUT2D eigenvalue weighted by Crippen LogP contribution is 2.68. The fourth-order valence-electron chi connectivity index (χ4n) is 14.3. The zero-order valence-electron chi connectivity index (χ0n) is 31.0. The minimum absolute atomic E-state index is 0.0335. The quantitative estimate of drug-likeness (QED) is 0.246. The van der Waals surface area contributed by atoms with Gasteiger partial charge in [0.2, 0.25) is 0 Å². The molecule has 7 heterocycles. The third-order valence-corrected chi connectivity index (χ3v) is 16.3. The van der Waals surface area contributed by atoms with Gasteiger partial charge in [-0.05, 0) is 118 Å². The number of likely N-dealkylation sites (N-methyl/N-ethyl adjacent to an activating group) is 4. The number of para-hydroxylation sites is 3. The second kappa shape index (κ2) is 10.00. The number of hydrogen-bond donors (Lipinski definition) is 3. The first kappa shape index (κ1) is 30.6. The maximum Gasteiger partial charge on any atom is 0.0933 e. The van der Waals surface area contributed by atoms with Gasteiger partial charge in [-0.2, -0.15) is 0 Å². The molecule has 3 N–H and O–H groups in total. The molecule has 4 saturated heterocycles. The number of nitrogens with zero attached hydrogens (tertiary/aromatic N) is 4. The third-order valence-electron chi connectivity index (χ3n) is 16.3. The van der Waals surface area contributed by atoms with E-state index in [4.69, 9.17) is 0 Å². The molecule has 4 fully saturated rings. The zero-order valence-corrected chi connectivity index (χ0v) is 31.0. The lowest BCUT2D eigenvalue weighted by molar-refractivity contribution is 0.137. The first-order valence-corrected chi connectivity index (χ1v) is 19.9. The van der Waals surface area contributed by atoms with E-state index in [0.717, 1.165) is 45.4 Å². The summed E-state index contributed by atoms with van der Waals surface area (Å²) in [6, 6.07) is 33.8. The molecule has 8 aliphatic rings. The van der Waals surface area contributed by atoms with Crippen LogP contribution in [0.15, 0.2) is 84.9 Å². The molecule has 266 valence electrons. The molecule has 4 aromatic rings. The number of rotatable bonds is 3. The second-order valence-electron chi connectivity index (χ2n) is 17.8. The number of benzene rings is 4. The summed E-state index contributed by atoms with van der Waals surface area (Å²) in [6.07, 6.45) is 6.58. The van der Waals surface area contributed by atoms with Crippen molar-refractivity contribution in [2.45, 2.75) is 78.3 Å². The van der Waals surface area contributed by atoms with Crippen LogP contribution in [0, 0.1) is 0 Å². The molecule has 52 heavy (non-hydrogen) atoms. The van der Waals surface area contributed by atoms with Crippen molar-refractivity contribution in [1.82, 2.24) is 19.6 Å². The lowest BCUT2D eigenvalue weighted by Gasteiger charge is -2.49. The van der Waals surface area contributed by atoms with Crippen LogP contribution in [-0.4, -0.2) is 98.5 Å². The molecule has 7 nitrogen and oxygen atoms in total. The molecule has 0 saturated carbocycles. The van der Waals surface area contributed by atoms with Gasteiger partial charge in [0.25, 0.3) is 0 Å². The molecule has 0 amide bonds. The number of anilines is 3. The van der Waals surface area contributed by atoms with Gasteiger partial charge in [-0.3, -0.25) is 14.7 Å². The summed E-state index contributed by atoms with van der Waals surface area (Å²) < 4.78 is 0. The average Bonchev–Trinajstić information content (AvgIpc) is 4.03. The highest BCUT2D eigenvalue weighted by atomic mass is 15.3. The lowest BCUT2D eigenvalue weighted by atomic mass is 9.54. The van der Waals surface area contributed by atoms with Gasteiger partial charge in [0.05, 0.1) is 29.3 Å². The van der Waals surface area contributed by atoms with Crippen molar-refractivity contribution in [3.8, 4) is 0 Å². The van der Waals surface area contributed by atoms with E-state index in [2.05, 4.69) is 149 Å². The van der Waals surface area contributed by atoms with Crippen molar-refractivity contribution in [2.24, 2.45) is 0 Å². The van der Waals surface area contributed by atoms with E-state index in [1.54, 1.807) is 22.3 Å². The van der Waals surface area contributed by atoms with Gasteiger partial charge in [-0.15, -0.1) is 0 Å². The fourth-order valence-corrected chi connectivity index (χ4v) is 14.3. The lowest BCUT2D eigenvalue weighted by Crippen LogP contribution is -2.59. The molecular formula is C45H51N7. The summed E-state index contributed by atoms with van der Waals surface area (Å²) in [4.78, 5) is 10.5. The number of nitrogens with one attached hydrogen (secondary N) is 3. The monoisotopic (exact) mass is 689 g/mol. The van der Waals surface area contributed by atoms with Crippen LogP contribution in [0.25, 0.3) is 0 Å². The summed E-state index contributed by atoms with van der Waals surface area (Å²) in [5.41, 5.74) is 14.8. The predicted octanol–water partition coefficient (Wildman–Crippen LogP) is 5.96. The molecular weight excluding hydrogens is 639 g/mol. The minimum atomic E-state index is -0.110. The van der Waals surface area contributed by atoms with Crippen LogP contribution in [0.2, 0.25) is 0 Å². The molecule has 0 aromatic heterocycles. The topological polar surface area (TPSA) is 49.1 Å². The highest BCUT2D eigenvalue weighted by molar-refractivity contribution is 5.78. The molecule has 0 spiro atoms. The van der Waals surface area contributed by atoms with E-state index in [9.17, 15) is 0 Å². The standard InChI is InChI=1S/C45H51N7/c1-49-25-21-44(45-22-26-52(4)41(45)47-36-18-8-6-12-32(36)45)30-14-9-13-29(28(30)27-37(44)49)42-19-23-51(3)40(42)48-38-33(42)15-10-16-34(38)43-20-24-50(2)39(43)46-35-17-7-5-11-31(35)43/h5-18,37,39-41,46-48H,19-27H2,1-4H3/t37-,39+,40+,41-,42-,43+,44-,45+/m0/s1. The van der Waals surface area contributed by atoms with Crippen LogP contribution < -0.4 is 16.0 Å². The Balaban J connectivity index is 1.08. The highest BCUT2D eigenvalue weighted by Gasteiger charge is 2.71. The Morgan fingerprint density at radius 3 is 1.71 bits per heavy atom. The summed E-state index contributed by atoms with van der Waals surface area (Å²) >= 11 is 0. The Hall–Kier alpha value is -3.88. The van der Waals surface area contributed by atoms with Gasteiger partial charge < -0.3 is 20.9 Å². The van der Waals surface area contributed by atoms with E-state index in [-0.39, 0.29) is 34.0 Å². The van der Waals surface area contributed by atoms with E-state index in [1.165, 1.54) is 46.6 Å². The van der Waals surface area contributed by atoms with Crippen molar-refractivity contribution < 1.29 is 0 Å². The molecule has 12 rings (SSSR count). The molecule has 0 bridgehead atoms. The largest absolute Gasteiger partial charge is 0.369 e. The SMILES string of the molecule is CN1CC[C@]2(c3cccc4c3C[C@@H]3N(C)CC[C@]43[C@@]34CCN(C)[C@@H]3Nc3ccccc34)c3cccc([C@]45CCN(C)[C@H]4Nc4ccccc45)c3N[C@H]12. The Morgan fingerprint density at radius 1 is 0.462 bits per heavy atom. The van der Waals surface area contributed by atoms with E-state index < -0.39 is 0 Å². The number of fused-ring (bicyclic) bond motifs is 13. The van der Waals surface area contributed by atoms with E-state index in [0.29, 0.717) is 12.2 Å². The van der Waals surface area contributed by atoms with Crippen molar-refractivity contribution in [1.29, 1.82) is 0 Å². The van der Waals surface area contributed by atoms with Crippen LogP contribution in [0.1, 0.15) is 64.6 Å². The third kappa shape index (κ3) is 3.21. The van der Waals surface area contributed by atoms with E-state index >= 15 is 0 Å². The summed E-state index contributed by atoms with van der Waals surface area (Å²) in [6.45, 7) is 4.47. The van der Waals surface area contributed by atoms with Crippen LogP contribution >= 0.6 is 0 Å². The van der Waals surface area contributed by atoms with Crippen LogP contribution in [0.3, 0.4) is 0 Å². The molecule has 7 aliphatic heterocycles. The normalized spacial score (nSPS) is 38.2. The smallest absolute Gasteiger partial charge is 0.0933 e. The molecule has 0 radical (unpaired) electrons. The van der Waals surface area contributed by atoms with Crippen molar-refractivity contribution >= 4 is 17.1 Å². The van der Waals surface area contributed by atoms with Crippen LogP contribution in [-0.2, 0) is 28.1 Å². The van der Waals surface area contributed by atoms with Crippen LogP contribution in [0.4, 0.5) is 17.1 Å². The van der Waals surface area contributed by atoms with Gasteiger partial charge in [-0.1, -0.05) is 72.8 Å². The van der Waals surface area contributed by atoms with Gasteiger partial charge in [0.1, 0.15) is 0 Å². The summed E-state index contributed by atoms with van der Waals surface area (Å²) in [5, 5.41) is 12.4. The summed E-state index contributed by atoms with van der Waals surface area (Å²) in [5.74, 6) is 0. The van der Waals surface area contributed by atoms with E-state index in [1.807, 2.05) is 0 Å². The molecule has 0 unspecified atom stereocenters. The maximum absolute atomic E-state index is 4.31. The Labute approximate surface area is 308 Å². The average molecular weight is 690 g/mol.